The summed E-state index contributed by atoms with van der Waals surface area (Å²) in [6.45, 7) is 1.67. The van der Waals surface area contributed by atoms with E-state index in [-0.39, 0.29) is 17.0 Å². The summed E-state index contributed by atoms with van der Waals surface area (Å²) >= 11 is 0. The minimum Gasteiger partial charge on any atom is -0.480 e. The third-order valence-electron chi connectivity index (χ3n) is 3.46. The minimum atomic E-state index is -3.92. The summed E-state index contributed by atoms with van der Waals surface area (Å²) in [6.07, 6.45) is 1.61. The number of halogens is 1. The number of carboxylic acid groups (broad SMARTS) is 1. The van der Waals surface area contributed by atoms with E-state index in [1.165, 1.54) is 13.0 Å². The quantitative estimate of drug-likeness (QED) is 0.923. The van der Waals surface area contributed by atoms with E-state index >= 15 is 0 Å². The Balaban J connectivity index is 2.45. The highest BCUT2D eigenvalue weighted by Crippen LogP contribution is 2.27. The van der Waals surface area contributed by atoms with Gasteiger partial charge in [-0.15, -0.1) is 0 Å². The lowest BCUT2D eigenvalue weighted by molar-refractivity contribution is -0.142. The van der Waals surface area contributed by atoms with Crippen molar-refractivity contribution >= 4 is 16.0 Å². The molecule has 0 spiro atoms. The molecule has 0 bridgehead atoms. The van der Waals surface area contributed by atoms with Crippen molar-refractivity contribution in [2.75, 3.05) is 6.54 Å². The summed E-state index contributed by atoms with van der Waals surface area (Å²) in [5.41, 5.74) is 0.278. The summed E-state index contributed by atoms with van der Waals surface area (Å²) < 4.78 is 39.2. The van der Waals surface area contributed by atoms with E-state index in [0.717, 1.165) is 16.4 Å². The number of carbonyl (C=O) groups is 1. The van der Waals surface area contributed by atoms with Crippen molar-refractivity contribution in [1.29, 1.82) is 0 Å². The molecule has 1 N–H and O–H groups in total. The Bertz CT molecular complexity index is 629. The van der Waals surface area contributed by atoms with Crippen molar-refractivity contribution in [2.24, 2.45) is 0 Å². The zero-order chi connectivity index (χ0) is 14.9. The zero-order valence-electron chi connectivity index (χ0n) is 11.0. The molecule has 1 aromatic carbocycles. The molecule has 7 heteroatoms. The summed E-state index contributed by atoms with van der Waals surface area (Å²) in [7, 11) is -3.92. The Morgan fingerprint density at radius 3 is 2.70 bits per heavy atom. The normalized spacial score (nSPS) is 20.8. The molecule has 0 saturated carbocycles. The van der Waals surface area contributed by atoms with Crippen molar-refractivity contribution < 1.29 is 22.7 Å². The van der Waals surface area contributed by atoms with Crippen molar-refractivity contribution in [1.82, 2.24) is 4.31 Å². The second-order valence-corrected chi connectivity index (χ2v) is 6.73. The van der Waals surface area contributed by atoms with Gasteiger partial charge < -0.3 is 5.11 Å². The molecular weight excluding hydrogens is 285 g/mol. The Hall–Kier alpha value is -1.47. The van der Waals surface area contributed by atoms with Gasteiger partial charge in [0.1, 0.15) is 11.9 Å². The average molecular weight is 301 g/mol. The van der Waals surface area contributed by atoms with Gasteiger partial charge >= 0.3 is 5.97 Å². The molecule has 1 aliphatic rings. The Labute approximate surface area is 117 Å². The number of nitrogens with zero attached hydrogens (tertiary/aromatic N) is 1. The lowest BCUT2D eigenvalue weighted by Gasteiger charge is -2.32. The Kier molecular flexibility index (Phi) is 4.10. The number of aryl methyl sites for hydroxylation is 1. The van der Waals surface area contributed by atoms with Gasteiger partial charge in [0.15, 0.2) is 0 Å². The largest absolute Gasteiger partial charge is 0.480 e. The first-order valence-corrected chi connectivity index (χ1v) is 7.79. The summed E-state index contributed by atoms with van der Waals surface area (Å²) in [5, 5.41) is 9.17. The van der Waals surface area contributed by atoms with Gasteiger partial charge in [-0.3, -0.25) is 4.79 Å². The van der Waals surface area contributed by atoms with Crippen LogP contribution in [-0.4, -0.2) is 36.4 Å². The summed E-state index contributed by atoms with van der Waals surface area (Å²) in [5.74, 6) is -1.66. The standard InChI is InChI=1S/C13H16FNO4S/c1-9-8-10(14)5-6-12(9)20(18,19)15-7-3-2-4-11(15)13(16)17/h5-6,8,11H,2-4,7H2,1H3,(H,16,17)/t11-/m1/s1. The van der Waals surface area contributed by atoms with Gasteiger partial charge in [0.25, 0.3) is 0 Å². The number of carboxylic acids is 1. The number of rotatable bonds is 3. The van der Waals surface area contributed by atoms with Gasteiger partial charge in [-0.1, -0.05) is 0 Å². The fraction of sp³-hybridized carbons (Fsp3) is 0.462. The molecule has 1 saturated heterocycles. The van der Waals surface area contributed by atoms with Crippen molar-refractivity contribution in [3.8, 4) is 0 Å². The SMILES string of the molecule is Cc1cc(F)ccc1S(=O)(=O)N1CCCC[C@@H]1C(=O)O. The molecule has 20 heavy (non-hydrogen) atoms. The number of sulfonamides is 1. The van der Waals surface area contributed by atoms with Crippen LogP contribution in [0.5, 0.6) is 0 Å². The molecule has 1 aromatic rings. The van der Waals surface area contributed by atoms with Crippen LogP contribution in [0.2, 0.25) is 0 Å². The van der Waals surface area contributed by atoms with Crippen LogP contribution in [0.4, 0.5) is 4.39 Å². The van der Waals surface area contributed by atoms with Gasteiger partial charge in [-0.2, -0.15) is 4.31 Å². The lowest BCUT2D eigenvalue weighted by atomic mass is 10.1. The van der Waals surface area contributed by atoms with Crippen LogP contribution in [0, 0.1) is 12.7 Å². The second-order valence-electron chi connectivity index (χ2n) is 4.88. The highest BCUT2D eigenvalue weighted by atomic mass is 32.2. The third kappa shape index (κ3) is 2.69. The molecule has 0 unspecified atom stereocenters. The van der Waals surface area contributed by atoms with Gasteiger partial charge in [-0.05, 0) is 49.9 Å². The van der Waals surface area contributed by atoms with Crippen LogP contribution in [-0.2, 0) is 14.8 Å². The zero-order valence-corrected chi connectivity index (χ0v) is 11.9. The van der Waals surface area contributed by atoms with Crippen molar-refractivity contribution in [2.45, 2.75) is 37.1 Å². The lowest BCUT2D eigenvalue weighted by Crippen LogP contribution is -2.47. The Morgan fingerprint density at radius 2 is 2.10 bits per heavy atom. The van der Waals surface area contributed by atoms with E-state index in [2.05, 4.69) is 0 Å². The van der Waals surface area contributed by atoms with Crippen molar-refractivity contribution in [3.63, 3.8) is 0 Å². The topological polar surface area (TPSA) is 74.7 Å². The van der Waals surface area contributed by atoms with Gasteiger partial charge in [0.2, 0.25) is 10.0 Å². The van der Waals surface area contributed by atoms with Crippen LogP contribution < -0.4 is 0 Å². The van der Waals surface area contributed by atoms with Crippen LogP contribution >= 0.6 is 0 Å². The predicted octanol–water partition coefficient (Wildman–Crippen LogP) is 1.76. The maximum atomic E-state index is 13.1. The Morgan fingerprint density at radius 1 is 1.40 bits per heavy atom. The first-order valence-electron chi connectivity index (χ1n) is 6.35. The molecule has 1 aliphatic heterocycles. The highest BCUT2D eigenvalue weighted by Gasteiger charge is 2.38. The van der Waals surface area contributed by atoms with Gasteiger partial charge in [-0.25, -0.2) is 12.8 Å². The van der Waals surface area contributed by atoms with Crippen LogP contribution in [0.25, 0.3) is 0 Å². The molecule has 1 atom stereocenters. The number of hydrogen-bond acceptors (Lipinski definition) is 3. The second kappa shape index (κ2) is 5.49. The molecule has 0 aromatic heterocycles. The molecule has 2 rings (SSSR count). The summed E-state index contributed by atoms with van der Waals surface area (Å²) in [4.78, 5) is 11.2. The number of piperidine rings is 1. The van der Waals surface area contributed by atoms with E-state index in [1.54, 1.807) is 0 Å². The number of benzene rings is 1. The predicted molar refractivity (Wildman–Crippen MR) is 70.3 cm³/mol. The van der Waals surface area contributed by atoms with Crippen LogP contribution in [0.3, 0.4) is 0 Å². The molecule has 0 radical (unpaired) electrons. The molecule has 5 nitrogen and oxygen atoms in total. The first-order chi connectivity index (χ1) is 9.34. The minimum absolute atomic E-state index is 0.0351. The fourth-order valence-corrected chi connectivity index (χ4v) is 4.33. The van der Waals surface area contributed by atoms with Crippen LogP contribution in [0.1, 0.15) is 24.8 Å². The van der Waals surface area contributed by atoms with Crippen molar-refractivity contribution in [3.05, 3.63) is 29.6 Å². The third-order valence-corrected chi connectivity index (χ3v) is 5.53. The smallest absolute Gasteiger partial charge is 0.322 e. The highest BCUT2D eigenvalue weighted by molar-refractivity contribution is 7.89. The van der Waals surface area contributed by atoms with E-state index in [0.29, 0.717) is 19.3 Å². The number of hydrogen-bond donors (Lipinski definition) is 1. The van der Waals surface area contributed by atoms with Gasteiger partial charge in [0.05, 0.1) is 4.90 Å². The van der Waals surface area contributed by atoms with E-state index in [4.69, 9.17) is 5.11 Å². The van der Waals surface area contributed by atoms with E-state index < -0.39 is 27.9 Å². The monoisotopic (exact) mass is 301 g/mol. The van der Waals surface area contributed by atoms with E-state index in [9.17, 15) is 17.6 Å². The van der Waals surface area contributed by atoms with Crippen LogP contribution in [0.15, 0.2) is 23.1 Å². The maximum Gasteiger partial charge on any atom is 0.322 e. The number of aliphatic carboxylic acids is 1. The maximum absolute atomic E-state index is 13.1. The van der Waals surface area contributed by atoms with Gasteiger partial charge in [0, 0.05) is 6.54 Å². The molecular formula is C13H16FNO4S. The molecule has 0 amide bonds. The average Bonchev–Trinajstić information content (AvgIpc) is 2.38. The fourth-order valence-electron chi connectivity index (χ4n) is 2.47. The molecule has 1 heterocycles. The molecule has 110 valence electrons. The first kappa shape index (κ1) is 14.9. The van der Waals surface area contributed by atoms with E-state index in [1.807, 2.05) is 0 Å². The molecule has 1 fully saturated rings. The summed E-state index contributed by atoms with van der Waals surface area (Å²) in [6, 6.07) is 2.35. The molecule has 0 aliphatic carbocycles.